The van der Waals surface area contributed by atoms with E-state index in [0.717, 1.165) is 11.3 Å². The first-order valence-electron chi connectivity index (χ1n) is 6.45. The highest BCUT2D eigenvalue weighted by atomic mass is 16.6. The van der Waals surface area contributed by atoms with E-state index in [2.05, 4.69) is 11.4 Å². The molecule has 0 saturated heterocycles. The number of alkyl carbamates (subject to hydrolysis) is 1. The van der Waals surface area contributed by atoms with E-state index in [1.54, 1.807) is 0 Å². The number of amides is 1. The molecule has 0 bridgehead atoms. The Kier molecular flexibility index (Phi) is 5.21. The molecule has 1 aromatic carbocycles. The van der Waals surface area contributed by atoms with Gasteiger partial charge in [0.2, 0.25) is 0 Å². The van der Waals surface area contributed by atoms with Crippen LogP contribution in [0.3, 0.4) is 0 Å². The molecule has 4 nitrogen and oxygen atoms in total. The van der Waals surface area contributed by atoms with Gasteiger partial charge < -0.3 is 14.8 Å². The molecule has 0 fully saturated rings. The summed E-state index contributed by atoms with van der Waals surface area (Å²) >= 11 is 0. The van der Waals surface area contributed by atoms with Crippen molar-refractivity contribution in [3.8, 4) is 5.75 Å². The quantitative estimate of drug-likeness (QED) is 0.850. The highest BCUT2D eigenvalue weighted by Gasteiger charge is 2.15. The monoisotopic (exact) mass is 265 g/mol. The predicted octanol–water partition coefficient (Wildman–Crippen LogP) is 3.21. The van der Waals surface area contributed by atoms with E-state index in [4.69, 9.17) is 9.47 Å². The van der Waals surface area contributed by atoms with Crippen LogP contribution >= 0.6 is 0 Å². The smallest absolute Gasteiger partial charge is 0.407 e. The lowest BCUT2D eigenvalue weighted by Crippen LogP contribution is -2.34. The topological polar surface area (TPSA) is 47.6 Å². The fourth-order valence-corrected chi connectivity index (χ4v) is 1.59. The van der Waals surface area contributed by atoms with Gasteiger partial charge in [-0.3, -0.25) is 0 Å². The van der Waals surface area contributed by atoms with Gasteiger partial charge in [-0.25, -0.2) is 4.79 Å². The molecular formula is C15H23NO3. The summed E-state index contributed by atoms with van der Waals surface area (Å²) in [6.45, 7) is 10.4. The van der Waals surface area contributed by atoms with Gasteiger partial charge in [0.25, 0.3) is 0 Å². The number of nitrogens with one attached hydrogen (secondary N) is 1. The maximum absolute atomic E-state index is 11.4. The van der Waals surface area contributed by atoms with Crippen LogP contribution in [-0.2, 0) is 4.74 Å². The number of hydrogen-bond acceptors (Lipinski definition) is 3. The van der Waals surface area contributed by atoms with Crippen molar-refractivity contribution in [3.05, 3.63) is 29.3 Å². The highest BCUT2D eigenvalue weighted by Crippen LogP contribution is 2.18. The average molecular weight is 265 g/mol. The van der Waals surface area contributed by atoms with E-state index in [0.29, 0.717) is 13.2 Å². The number of carbonyl (C=O) groups excluding carboxylic acids is 1. The second-order valence-electron chi connectivity index (χ2n) is 5.55. The zero-order chi connectivity index (χ0) is 14.5. The van der Waals surface area contributed by atoms with Crippen molar-refractivity contribution in [3.63, 3.8) is 0 Å². The summed E-state index contributed by atoms with van der Waals surface area (Å²) in [4.78, 5) is 11.4. The molecule has 0 spiro atoms. The SMILES string of the molecule is Cc1ccc(OCCNC(=O)OC(C)(C)C)c(C)c1. The lowest BCUT2D eigenvalue weighted by Gasteiger charge is -2.19. The number of aryl methyl sites for hydroxylation is 2. The van der Waals surface area contributed by atoms with Crippen LogP contribution in [-0.4, -0.2) is 24.8 Å². The molecule has 1 N–H and O–H groups in total. The van der Waals surface area contributed by atoms with Gasteiger partial charge in [-0.2, -0.15) is 0 Å². The molecule has 1 aromatic rings. The molecule has 0 heterocycles. The van der Waals surface area contributed by atoms with Crippen LogP contribution in [0.5, 0.6) is 5.75 Å². The summed E-state index contributed by atoms with van der Waals surface area (Å²) in [5.74, 6) is 0.844. The minimum Gasteiger partial charge on any atom is -0.491 e. The van der Waals surface area contributed by atoms with Gasteiger partial charge in [-0.05, 0) is 46.2 Å². The van der Waals surface area contributed by atoms with E-state index in [1.165, 1.54) is 5.56 Å². The molecule has 0 atom stereocenters. The summed E-state index contributed by atoms with van der Waals surface area (Å²) in [6.07, 6.45) is -0.420. The maximum Gasteiger partial charge on any atom is 0.407 e. The van der Waals surface area contributed by atoms with E-state index in [1.807, 2.05) is 46.8 Å². The van der Waals surface area contributed by atoms with Crippen LogP contribution in [0.4, 0.5) is 4.79 Å². The minimum absolute atomic E-state index is 0.419. The van der Waals surface area contributed by atoms with E-state index < -0.39 is 11.7 Å². The van der Waals surface area contributed by atoms with Gasteiger partial charge in [0.15, 0.2) is 0 Å². The molecule has 0 saturated carbocycles. The van der Waals surface area contributed by atoms with Crippen molar-refractivity contribution in [1.29, 1.82) is 0 Å². The molecule has 1 amide bonds. The molecule has 0 aliphatic heterocycles. The molecule has 4 heteroatoms. The highest BCUT2D eigenvalue weighted by molar-refractivity contribution is 5.67. The molecule has 0 aliphatic carbocycles. The molecule has 0 radical (unpaired) electrons. The largest absolute Gasteiger partial charge is 0.491 e. The Labute approximate surface area is 115 Å². The van der Waals surface area contributed by atoms with Gasteiger partial charge >= 0.3 is 6.09 Å². The lowest BCUT2D eigenvalue weighted by molar-refractivity contribution is 0.0520. The Bertz CT molecular complexity index is 436. The van der Waals surface area contributed by atoms with Crippen molar-refractivity contribution in [2.75, 3.05) is 13.2 Å². The molecule has 0 unspecified atom stereocenters. The molecule has 0 aromatic heterocycles. The average Bonchev–Trinajstić information content (AvgIpc) is 2.24. The van der Waals surface area contributed by atoms with E-state index >= 15 is 0 Å². The van der Waals surface area contributed by atoms with Gasteiger partial charge in [-0.1, -0.05) is 17.7 Å². The summed E-state index contributed by atoms with van der Waals surface area (Å²) in [7, 11) is 0. The van der Waals surface area contributed by atoms with Crippen molar-refractivity contribution in [2.24, 2.45) is 0 Å². The van der Waals surface area contributed by atoms with Crippen LogP contribution in [0.2, 0.25) is 0 Å². The third-order valence-corrected chi connectivity index (χ3v) is 2.36. The van der Waals surface area contributed by atoms with Crippen LogP contribution in [0.15, 0.2) is 18.2 Å². The summed E-state index contributed by atoms with van der Waals surface area (Å²) in [6, 6.07) is 6.01. The van der Waals surface area contributed by atoms with Crippen molar-refractivity contribution in [2.45, 2.75) is 40.2 Å². The first-order chi connectivity index (χ1) is 8.78. The number of benzene rings is 1. The number of ether oxygens (including phenoxy) is 2. The zero-order valence-corrected chi connectivity index (χ0v) is 12.4. The molecule has 0 aliphatic rings. The molecular weight excluding hydrogens is 242 g/mol. The standard InChI is InChI=1S/C15H23NO3/c1-11-6-7-13(12(2)10-11)18-9-8-16-14(17)19-15(3,4)5/h6-7,10H,8-9H2,1-5H3,(H,16,17). The molecule has 19 heavy (non-hydrogen) atoms. The molecule has 106 valence electrons. The van der Waals surface area contributed by atoms with Crippen LogP contribution in [0.25, 0.3) is 0 Å². The van der Waals surface area contributed by atoms with Gasteiger partial charge in [0.05, 0.1) is 6.54 Å². The van der Waals surface area contributed by atoms with Crippen molar-refractivity contribution >= 4 is 6.09 Å². The maximum atomic E-state index is 11.4. The van der Waals surface area contributed by atoms with Gasteiger partial charge in [0.1, 0.15) is 18.0 Å². The number of hydrogen-bond donors (Lipinski definition) is 1. The first kappa shape index (κ1) is 15.3. The Morgan fingerprint density at radius 3 is 2.53 bits per heavy atom. The third-order valence-electron chi connectivity index (χ3n) is 2.36. The van der Waals surface area contributed by atoms with Crippen LogP contribution in [0.1, 0.15) is 31.9 Å². The second-order valence-corrected chi connectivity index (χ2v) is 5.55. The molecule has 1 rings (SSSR count). The third kappa shape index (κ3) is 6.13. The lowest BCUT2D eigenvalue weighted by atomic mass is 10.1. The fraction of sp³-hybridized carbons (Fsp3) is 0.533. The van der Waals surface area contributed by atoms with Gasteiger partial charge in [0, 0.05) is 0 Å². The minimum atomic E-state index is -0.474. The number of carbonyl (C=O) groups is 1. The normalized spacial score (nSPS) is 11.0. The second kappa shape index (κ2) is 6.45. The van der Waals surface area contributed by atoms with Crippen molar-refractivity contribution < 1.29 is 14.3 Å². The first-order valence-corrected chi connectivity index (χ1v) is 6.45. The van der Waals surface area contributed by atoms with Crippen molar-refractivity contribution in [1.82, 2.24) is 5.32 Å². The van der Waals surface area contributed by atoms with Gasteiger partial charge in [-0.15, -0.1) is 0 Å². The van der Waals surface area contributed by atoms with Crippen LogP contribution < -0.4 is 10.1 Å². The summed E-state index contributed by atoms with van der Waals surface area (Å²) in [5.41, 5.74) is 1.83. The van der Waals surface area contributed by atoms with Crippen LogP contribution in [0, 0.1) is 13.8 Å². The summed E-state index contributed by atoms with van der Waals surface area (Å²) in [5, 5.41) is 2.65. The Balaban J connectivity index is 2.29. The fourth-order valence-electron chi connectivity index (χ4n) is 1.59. The zero-order valence-electron chi connectivity index (χ0n) is 12.4. The van der Waals surface area contributed by atoms with E-state index in [9.17, 15) is 4.79 Å². The Morgan fingerprint density at radius 2 is 1.95 bits per heavy atom. The Hall–Kier alpha value is -1.71. The summed E-state index contributed by atoms with van der Waals surface area (Å²) < 4.78 is 10.7. The number of rotatable bonds is 4. The predicted molar refractivity (Wildman–Crippen MR) is 75.6 cm³/mol. The van der Waals surface area contributed by atoms with E-state index in [-0.39, 0.29) is 0 Å². The Morgan fingerprint density at radius 1 is 1.26 bits per heavy atom.